The van der Waals surface area contributed by atoms with Crippen molar-refractivity contribution >= 4 is 35.0 Å². The molecule has 0 atom stereocenters. The van der Waals surface area contributed by atoms with E-state index < -0.39 is 17.7 Å². The molecule has 2 aromatic carbocycles. The molecule has 8 heteroatoms. The lowest BCUT2D eigenvalue weighted by atomic mass is 10.2. The van der Waals surface area contributed by atoms with Gasteiger partial charge in [0.2, 0.25) is 0 Å². The van der Waals surface area contributed by atoms with E-state index in [0.717, 1.165) is 0 Å². The summed E-state index contributed by atoms with van der Waals surface area (Å²) >= 11 is 5.78. The Balaban J connectivity index is 1.92. The van der Waals surface area contributed by atoms with Gasteiger partial charge in [-0.05, 0) is 30.3 Å². The number of anilines is 1. The summed E-state index contributed by atoms with van der Waals surface area (Å²) in [5.74, 6) is -2.18. The highest BCUT2D eigenvalue weighted by Gasteiger charge is 2.16. The third-order valence-electron chi connectivity index (χ3n) is 2.94. The predicted molar refractivity (Wildman–Crippen MR) is 88.7 cm³/mol. The summed E-state index contributed by atoms with van der Waals surface area (Å²) in [5.41, 5.74) is 4.73. The summed E-state index contributed by atoms with van der Waals surface area (Å²) in [6, 6.07) is 12.8. The first-order valence-corrected chi connectivity index (χ1v) is 7.19. The van der Waals surface area contributed by atoms with Crippen LogP contribution >= 0.6 is 11.6 Å². The lowest BCUT2D eigenvalue weighted by Crippen LogP contribution is -2.46. The Hall–Kier alpha value is -3.06. The lowest BCUT2D eigenvalue weighted by molar-refractivity contribution is -0.136. The quantitative estimate of drug-likeness (QED) is 0.582. The van der Waals surface area contributed by atoms with E-state index >= 15 is 0 Å². The number of para-hydroxylation sites is 2. The molecule has 0 saturated carbocycles. The van der Waals surface area contributed by atoms with Crippen molar-refractivity contribution in [1.82, 2.24) is 10.9 Å². The van der Waals surface area contributed by atoms with E-state index in [1.165, 1.54) is 19.2 Å². The Labute approximate surface area is 142 Å². The number of amides is 3. The number of hydrazine groups is 1. The van der Waals surface area contributed by atoms with Gasteiger partial charge in [-0.2, -0.15) is 0 Å². The van der Waals surface area contributed by atoms with Crippen LogP contribution in [0.15, 0.2) is 48.5 Å². The van der Waals surface area contributed by atoms with Crippen molar-refractivity contribution in [3.8, 4) is 5.75 Å². The SMILES string of the molecule is COc1ccccc1NC(=O)C(=O)NNC(=O)c1cccc(Cl)c1. The number of nitrogens with one attached hydrogen (secondary N) is 3. The first-order valence-electron chi connectivity index (χ1n) is 6.81. The Kier molecular flexibility index (Phi) is 5.75. The maximum Gasteiger partial charge on any atom is 0.328 e. The van der Waals surface area contributed by atoms with Crippen LogP contribution in [-0.4, -0.2) is 24.8 Å². The smallest absolute Gasteiger partial charge is 0.328 e. The number of methoxy groups -OCH3 is 1. The molecule has 0 aromatic heterocycles. The van der Waals surface area contributed by atoms with Gasteiger partial charge in [-0.1, -0.05) is 29.8 Å². The zero-order valence-electron chi connectivity index (χ0n) is 12.6. The molecule has 124 valence electrons. The van der Waals surface area contributed by atoms with Gasteiger partial charge in [0.15, 0.2) is 0 Å². The number of carbonyl (C=O) groups excluding carboxylic acids is 3. The van der Waals surface area contributed by atoms with Crippen molar-refractivity contribution in [2.45, 2.75) is 0 Å². The predicted octanol–water partition coefficient (Wildman–Crippen LogP) is 1.75. The molecular weight excluding hydrogens is 334 g/mol. The molecule has 7 nitrogen and oxygen atoms in total. The number of halogens is 1. The Morgan fingerprint density at radius 3 is 2.42 bits per heavy atom. The molecule has 0 saturated heterocycles. The third kappa shape index (κ3) is 4.47. The van der Waals surface area contributed by atoms with E-state index in [1.807, 2.05) is 5.43 Å². The molecule has 0 unspecified atom stereocenters. The van der Waals surface area contributed by atoms with Gasteiger partial charge < -0.3 is 10.1 Å². The first kappa shape index (κ1) is 17.3. The Bertz CT molecular complexity index is 779. The molecule has 0 radical (unpaired) electrons. The molecule has 0 aliphatic rings. The van der Waals surface area contributed by atoms with Gasteiger partial charge in [-0.25, -0.2) is 0 Å². The van der Waals surface area contributed by atoms with Gasteiger partial charge in [-0.3, -0.25) is 25.2 Å². The summed E-state index contributed by atoms with van der Waals surface area (Å²) in [6.45, 7) is 0. The fourth-order valence-corrected chi connectivity index (χ4v) is 1.99. The minimum absolute atomic E-state index is 0.243. The molecular formula is C16H14ClN3O4. The van der Waals surface area contributed by atoms with Crippen LogP contribution in [0.5, 0.6) is 5.75 Å². The topological polar surface area (TPSA) is 96.5 Å². The van der Waals surface area contributed by atoms with Gasteiger partial charge >= 0.3 is 11.8 Å². The van der Waals surface area contributed by atoms with Crippen molar-refractivity contribution in [3.63, 3.8) is 0 Å². The number of hydrogen-bond acceptors (Lipinski definition) is 4. The maximum absolute atomic E-state index is 11.8. The van der Waals surface area contributed by atoms with Gasteiger partial charge in [0.05, 0.1) is 12.8 Å². The van der Waals surface area contributed by atoms with E-state index in [9.17, 15) is 14.4 Å². The molecule has 2 aromatic rings. The molecule has 0 aliphatic heterocycles. The Morgan fingerprint density at radius 2 is 1.71 bits per heavy atom. The summed E-state index contributed by atoms with van der Waals surface area (Å²) in [7, 11) is 1.44. The van der Waals surface area contributed by atoms with E-state index in [4.69, 9.17) is 16.3 Å². The monoisotopic (exact) mass is 347 g/mol. The van der Waals surface area contributed by atoms with Crippen molar-refractivity contribution in [2.75, 3.05) is 12.4 Å². The van der Waals surface area contributed by atoms with Crippen LogP contribution in [0.2, 0.25) is 5.02 Å². The number of rotatable bonds is 3. The van der Waals surface area contributed by atoms with Crippen LogP contribution in [0.1, 0.15) is 10.4 Å². The van der Waals surface area contributed by atoms with Gasteiger partial charge in [-0.15, -0.1) is 0 Å². The average molecular weight is 348 g/mol. The summed E-state index contributed by atoms with van der Waals surface area (Å²) in [6.07, 6.45) is 0. The number of hydrogen-bond donors (Lipinski definition) is 3. The number of carbonyl (C=O) groups is 3. The second-order valence-electron chi connectivity index (χ2n) is 4.57. The molecule has 2 rings (SSSR count). The second-order valence-corrected chi connectivity index (χ2v) is 5.01. The van der Waals surface area contributed by atoms with Crippen LogP contribution in [0.25, 0.3) is 0 Å². The highest BCUT2D eigenvalue weighted by Crippen LogP contribution is 2.22. The zero-order chi connectivity index (χ0) is 17.5. The number of ether oxygens (including phenoxy) is 1. The largest absolute Gasteiger partial charge is 0.495 e. The Morgan fingerprint density at radius 1 is 0.958 bits per heavy atom. The number of benzene rings is 2. The van der Waals surface area contributed by atoms with Crippen molar-refractivity contribution < 1.29 is 19.1 Å². The molecule has 24 heavy (non-hydrogen) atoms. The van der Waals surface area contributed by atoms with Gasteiger partial charge in [0, 0.05) is 10.6 Å². The molecule has 0 spiro atoms. The third-order valence-corrected chi connectivity index (χ3v) is 3.17. The van der Waals surface area contributed by atoms with E-state index in [-0.39, 0.29) is 5.56 Å². The summed E-state index contributed by atoms with van der Waals surface area (Å²) < 4.78 is 5.06. The van der Waals surface area contributed by atoms with Gasteiger partial charge in [0.1, 0.15) is 5.75 Å². The van der Waals surface area contributed by atoms with Crippen molar-refractivity contribution in [3.05, 3.63) is 59.1 Å². The van der Waals surface area contributed by atoms with Crippen LogP contribution in [0.3, 0.4) is 0 Å². The van der Waals surface area contributed by atoms with Crippen LogP contribution < -0.4 is 20.9 Å². The van der Waals surface area contributed by atoms with Gasteiger partial charge in [0.25, 0.3) is 5.91 Å². The molecule has 0 fully saturated rings. The molecule has 0 bridgehead atoms. The van der Waals surface area contributed by atoms with Crippen LogP contribution in [0.4, 0.5) is 5.69 Å². The van der Waals surface area contributed by atoms with E-state index in [0.29, 0.717) is 16.5 Å². The van der Waals surface area contributed by atoms with Crippen LogP contribution in [0, 0.1) is 0 Å². The molecule has 3 amide bonds. The summed E-state index contributed by atoms with van der Waals surface area (Å²) in [4.78, 5) is 35.4. The highest BCUT2D eigenvalue weighted by atomic mass is 35.5. The minimum atomic E-state index is -1.03. The van der Waals surface area contributed by atoms with Crippen molar-refractivity contribution in [1.29, 1.82) is 0 Å². The van der Waals surface area contributed by atoms with E-state index in [2.05, 4.69) is 10.7 Å². The van der Waals surface area contributed by atoms with Crippen molar-refractivity contribution in [2.24, 2.45) is 0 Å². The molecule has 0 heterocycles. The second kappa shape index (κ2) is 7.98. The normalized spacial score (nSPS) is 9.75. The minimum Gasteiger partial charge on any atom is -0.495 e. The first-order chi connectivity index (χ1) is 11.5. The highest BCUT2D eigenvalue weighted by molar-refractivity contribution is 6.39. The fraction of sp³-hybridized carbons (Fsp3) is 0.0625. The zero-order valence-corrected chi connectivity index (χ0v) is 13.4. The fourth-order valence-electron chi connectivity index (χ4n) is 1.80. The lowest BCUT2D eigenvalue weighted by Gasteiger charge is -2.10. The summed E-state index contributed by atoms with van der Waals surface area (Å²) in [5, 5.41) is 2.76. The standard InChI is InChI=1S/C16H14ClN3O4/c1-24-13-8-3-2-7-12(13)18-15(22)16(23)20-19-14(21)10-5-4-6-11(17)9-10/h2-9H,1H3,(H,18,22)(H,19,21)(H,20,23). The molecule has 3 N–H and O–H groups in total. The van der Waals surface area contributed by atoms with Crippen LogP contribution in [-0.2, 0) is 9.59 Å². The van der Waals surface area contributed by atoms with E-state index in [1.54, 1.807) is 36.4 Å². The average Bonchev–Trinajstić information content (AvgIpc) is 2.59. The molecule has 0 aliphatic carbocycles. The maximum atomic E-state index is 11.8.